The molecule has 0 radical (unpaired) electrons. The molecule has 14 heteroatoms. The van der Waals surface area contributed by atoms with E-state index in [0.29, 0.717) is 6.42 Å². The van der Waals surface area contributed by atoms with Crippen molar-refractivity contribution < 1.29 is 32.4 Å². The van der Waals surface area contributed by atoms with Crippen molar-refractivity contribution in [3.63, 3.8) is 0 Å². The first-order valence-corrected chi connectivity index (χ1v) is 13.8. The van der Waals surface area contributed by atoms with Gasteiger partial charge in [-0.15, -0.1) is 10.2 Å². The highest BCUT2D eigenvalue weighted by atomic mass is 32.2. The van der Waals surface area contributed by atoms with Crippen LogP contribution < -0.4 is 10.9 Å². The van der Waals surface area contributed by atoms with Gasteiger partial charge < -0.3 is 14.9 Å². The van der Waals surface area contributed by atoms with Crippen LogP contribution >= 0.6 is 7.60 Å². The number of rotatable bonds is 10. The average Bonchev–Trinajstić information content (AvgIpc) is 2.77. The van der Waals surface area contributed by atoms with Crippen LogP contribution in [0.2, 0.25) is 0 Å². The second kappa shape index (κ2) is 11.2. The molecule has 1 unspecified atom stereocenters. The lowest BCUT2D eigenvalue weighted by molar-refractivity contribution is 0.339. The van der Waals surface area contributed by atoms with Crippen molar-refractivity contribution in [2.24, 2.45) is 16.1 Å². The Kier molecular flexibility index (Phi) is 9.11. The van der Waals surface area contributed by atoms with E-state index in [1.54, 1.807) is 0 Å². The van der Waals surface area contributed by atoms with Gasteiger partial charge in [-0.2, -0.15) is 13.7 Å². The Bertz CT molecular complexity index is 1390. The van der Waals surface area contributed by atoms with Gasteiger partial charge in [0.05, 0.1) is 5.30 Å². The topological polar surface area (TPSA) is 203 Å². The molecule has 1 atom stereocenters. The molecular weight excluding hydrogens is 499 g/mol. The van der Waals surface area contributed by atoms with E-state index in [1.807, 2.05) is 19.9 Å². The molecule has 0 saturated carbocycles. The minimum atomic E-state index is -4.86. The maximum atomic E-state index is 13.2. The smallest absolute Gasteiger partial charge is 0.356 e. The van der Waals surface area contributed by atoms with Crippen LogP contribution in [0.25, 0.3) is 0 Å². The minimum absolute atomic E-state index is 0.0174. The molecule has 4 N–H and O–H groups in total. The van der Waals surface area contributed by atoms with Gasteiger partial charge in [0.15, 0.2) is 5.69 Å². The molecule has 0 spiro atoms. The summed E-state index contributed by atoms with van der Waals surface area (Å²) in [6.07, 6.45) is 3.35. The second-order valence-electron chi connectivity index (χ2n) is 7.99. The van der Waals surface area contributed by atoms with Gasteiger partial charge >= 0.3 is 7.60 Å². The number of nitrogens with zero attached hydrogens (tertiary/aromatic N) is 4. The van der Waals surface area contributed by atoms with Crippen LogP contribution in [0.5, 0.6) is 5.88 Å². The van der Waals surface area contributed by atoms with E-state index in [2.05, 4.69) is 10.2 Å². The first kappa shape index (κ1) is 28.4. The number of benzene rings is 1. The second-order valence-corrected chi connectivity index (χ2v) is 11.0. The summed E-state index contributed by atoms with van der Waals surface area (Å²) < 4.78 is 45.5. The van der Waals surface area contributed by atoms with Crippen LogP contribution in [-0.2, 0) is 21.2 Å². The van der Waals surface area contributed by atoms with E-state index >= 15 is 0 Å². The van der Waals surface area contributed by atoms with Crippen LogP contribution in [-0.4, -0.2) is 32.4 Å². The third kappa shape index (κ3) is 6.62. The van der Waals surface area contributed by atoms with E-state index in [1.165, 1.54) is 6.92 Å². The average molecular weight is 527 g/mol. The third-order valence-electron chi connectivity index (χ3n) is 5.57. The van der Waals surface area contributed by atoms with Crippen molar-refractivity contribution in [2.75, 3.05) is 0 Å². The third-order valence-corrected chi connectivity index (χ3v) is 7.42. The maximum absolute atomic E-state index is 13.2. The van der Waals surface area contributed by atoms with Gasteiger partial charge in [0.2, 0.25) is 5.88 Å². The van der Waals surface area contributed by atoms with Crippen LogP contribution in [0.1, 0.15) is 50.7 Å². The lowest BCUT2D eigenvalue weighted by Gasteiger charge is -2.19. The summed E-state index contributed by atoms with van der Waals surface area (Å²) in [6, 6.07) is 4.11. The lowest BCUT2D eigenvalue weighted by Crippen LogP contribution is -2.25. The summed E-state index contributed by atoms with van der Waals surface area (Å²) in [5.41, 5.74) is -2.01. The summed E-state index contributed by atoms with van der Waals surface area (Å²) in [5.74, 6) is -0.491. The number of hydrogen-bond donors (Lipinski definition) is 4. The Balaban J connectivity index is 2.72. The highest BCUT2D eigenvalue weighted by molar-refractivity contribution is 7.86. The van der Waals surface area contributed by atoms with E-state index in [-0.39, 0.29) is 29.3 Å². The Hall–Kier alpha value is -2.88. The van der Waals surface area contributed by atoms with E-state index in [0.717, 1.165) is 42.0 Å². The molecule has 0 saturated heterocycles. The van der Waals surface area contributed by atoms with Crippen molar-refractivity contribution in [1.82, 2.24) is 4.57 Å². The summed E-state index contributed by atoms with van der Waals surface area (Å²) in [5, 5.41) is 27.0. The number of hydrogen-bond acceptors (Lipinski definition) is 8. The normalized spacial score (nSPS) is 13.2. The Labute approximate surface area is 202 Å². The molecule has 0 fully saturated rings. The van der Waals surface area contributed by atoms with Crippen LogP contribution in [0.3, 0.4) is 0 Å². The monoisotopic (exact) mass is 526 g/mol. The Morgan fingerprint density at radius 1 is 1.23 bits per heavy atom. The summed E-state index contributed by atoms with van der Waals surface area (Å²) in [4.78, 5) is 31.2. The van der Waals surface area contributed by atoms with E-state index < -0.39 is 45.0 Å². The Morgan fingerprint density at radius 2 is 1.89 bits per heavy atom. The summed E-state index contributed by atoms with van der Waals surface area (Å²) in [6.45, 7) is 5.43. The number of azo groups is 1. The molecule has 2 aromatic rings. The van der Waals surface area contributed by atoms with Gasteiger partial charge in [0, 0.05) is 12.1 Å². The predicted octanol–water partition coefficient (Wildman–Crippen LogP) is 3.42. The maximum Gasteiger partial charge on any atom is 0.356 e. The molecule has 2 rings (SSSR count). The summed E-state index contributed by atoms with van der Waals surface area (Å²) >= 11 is 0. The van der Waals surface area contributed by atoms with Crippen LogP contribution in [0.4, 0.5) is 11.4 Å². The number of unbranched alkanes of at least 4 members (excludes halogenated alkanes) is 1. The first-order valence-electron chi connectivity index (χ1n) is 10.7. The number of pyridine rings is 1. The predicted molar refractivity (Wildman–Crippen MR) is 127 cm³/mol. The summed E-state index contributed by atoms with van der Waals surface area (Å²) in [7, 11) is -9.67. The fourth-order valence-corrected chi connectivity index (χ4v) is 4.65. The fraction of sp³-hybridized carbons (Fsp3) is 0.429. The zero-order valence-corrected chi connectivity index (χ0v) is 21.1. The molecular formula is C21H27N4O8PS. The highest BCUT2D eigenvalue weighted by Gasteiger charge is 2.24. The molecule has 1 aromatic heterocycles. The van der Waals surface area contributed by atoms with Crippen molar-refractivity contribution in [2.45, 2.75) is 57.9 Å². The quantitative estimate of drug-likeness (QED) is 0.203. The molecule has 0 bridgehead atoms. The molecule has 1 aromatic carbocycles. The van der Waals surface area contributed by atoms with E-state index in [4.69, 9.17) is 0 Å². The van der Waals surface area contributed by atoms with E-state index in [9.17, 15) is 42.5 Å². The highest BCUT2D eigenvalue weighted by Crippen LogP contribution is 2.37. The zero-order chi connectivity index (χ0) is 26.6. The number of aromatic nitrogens is 1. The zero-order valence-electron chi connectivity index (χ0n) is 19.4. The largest absolute Gasteiger partial charge is 0.493 e. The van der Waals surface area contributed by atoms with Gasteiger partial charge in [0.1, 0.15) is 22.2 Å². The minimum Gasteiger partial charge on any atom is -0.493 e. The van der Waals surface area contributed by atoms with Gasteiger partial charge in [0.25, 0.3) is 15.7 Å². The lowest BCUT2D eigenvalue weighted by atomic mass is 9.99. The van der Waals surface area contributed by atoms with Crippen molar-refractivity contribution >= 4 is 34.4 Å². The fourth-order valence-electron chi connectivity index (χ4n) is 3.49. The molecule has 0 aliphatic carbocycles. The van der Waals surface area contributed by atoms with Crippen LogP contribution in [0, 0.1) is 24.2 Å². The van der Waals surface area contributed by atoms with Crippen LogP contribution in [0.15, 0.2) is 38.1 Å². The number of nitriles is 1. The molecule has 190 valence electrons. The SMILES string of the molecule is CCCCC(CC)Cn1c(O)c(C#N)c(C)c(N=Nc2cc(P(=O)(O)O)ccc2S(=O)(=O)O)c1=O. The first-order chi connectivity index (χ1) is 16.3. The molecule has 1 heterocycles. The molecule has 0 aliphatic heterocycles. The van der Waals surface area contributed by atoms with Gasteiger partial charge in [-0.1, -0.05) is 33.1 Å². The van der Waals surface area contributed by atoms with Gasteiger partial charge in [-0.25, -0.2) is 0 Å². The number of aromatic hydroxyl groups is 1. The van der Waals surface area contributed by atoms with Crippen molar-refractivity contribution in [1.29, 1.82) is 5.26 Å². The van der Waals surface area contributed by atoms with Gasteiger partial charge in [-0.3, -0.25) is 18.5 Å². The molecule has 12 nitrogen and oxygen atoms in total. The van der Waals surface area contributed by atoms with Crippen molar-refractivity contribution in [3.05, 3.63) is 39.7 Å². The molecule has 0 amide bonds. The molecule has 0 aliphatic rings. The standard InChI is InChI=1S/C21H27N4O8PS/c1-4-6-7-14(5-2)12-25-20(26)16(11-22)13(3)19(21(25)27)24-23-17-10-15(34(28,29)30)8-9-18(17)35(31,32)33/h8-10,14,26H,4-7,12H2,1-3H3,(H2,28,29,30)(H,31,32,33). The molecule has 35 heavy (non-hydrogen) atoms. The Morgan fingerprint density at radius 3 is 2.40 bits per heavy atom. The van der Waals surface area contributed by atoms with Crippen molar-refractivity contribution in [3.8, 4) is 11.9 Å². The van der Waals surface area contributed by atoms with Gasteiger partial charge in [-0.05, 0) is 37.5 Å².